The van der Waals surface area contributed by atoms with Crippen molar-refractivity contribution in [3.05, 3.63) is 53.5 Å². The molecule has 2 heterocycles. The number of aryl methyl sites for hydroxylation is 1. The molecule has 3 rings (SSSR count). The van der Waals surface area contributed by atoms with Gasteiger partial charge in [0.05, 0.1) is 17.6 Å². The predicted octanol–water partition coefficient (Wildman–Crippen LogP) is 1.48. The third-order valence-corrected chi connectivity index (χ3v) is 3.30. The number of H-pyrrole nitrogens is 2. The van der Waals surface area contributed by atoms with Gasteiger partial charge in [0.25, 0.3) is 5.91 Å². The molecule has 22 heavy (non-hydrogen) atoms. The van der Waals surface area contributed by atoms with Crippen molar-refractivity contribution in [2.45, 2.75) is 13.3 Å². The van der Waals surface area contributed by atoms with Crippen molar-refractivity contribution in [2.24, 2.45) is 0 Å². The predicted molar refractivity (Wildman–Crippen MR) is 81.2 cm³/mol. The Morgan fingerprint density at radius 1 is 1.23 bits per heavy atom. The Labute approximate surface area is 127 Å². The minimum atomic E-state index is -0.186. The number of aromatic nitrogens is 5. The fourth-order valence-electron chi connectivity index (χ4n) is 2.06. The smallest absolute Gasteiger partial charge is 0.269 e. The molecule has 0 saturated carbocycles. The molecule has 1 amide bonds. The van der Waals surface area contributed by atoms with Crippen LogP contribution in [0.2, 0.25) is 0 Å². The maximum absolute atomic E-state index is 12.0. The monoisotopic (exact) mass is 296 g/mol. The fraction of sp³-hybridized carbons (Fsp3) is 0.200. The molecule has 0 aliphatic rings. The topological polar surface area (TPSA) is 99.4 Å². The molecule has 2 aromatic heterocycles. The summed E-state index contributed by atoms with van der Waals surface area (Å²) >= 11 is 0. The molecule has 0 bridgehead atoms. The largest absolute Gasteiger partial charge is 0.350 e. The lowest BCUT2D eigenvalue weighted by atomic mass is 10.1. The highest BCUT2D eigenvalue weighted by Gasteiger charge is 2.10. The van der Waals surface area contributed by atoms with Gasteiger partial charge in [-0.3, -0.25) is 9.89 Å². The summed E-state index contributed by atoms with van der Waals surface area (Å²) in [6.45, 7) is 2.52. The van der Waals surface area contributed by atoms with Crippen LogP contribution in [0.5, 0.6) is 0 Å². The molecule has 7 nitrogen and oxygen atoms in total. The Hall–Kier alpha value is -2.96. The first-order chi connectivity index (χ1) is 10.7. The van der Waals surface area contributed by atoms with Gasteiger partial charge in [-0.1, -0.05) is 29.8 Å². The number of aromatic amines is 2. The first-order valence-corrected chi connectivity index (χ1v) is 6.97. The van der Waals surface area contributed by atoms with Gasteiger partial charge in [-0.05, 0) is 13.0 Å². The average molecular weight is 296 g/mol. The van der Waals surface area contributed by atoms with E-state index in [1.54, 1.807) is 12.3 Å². The third-order valence-electron chi connectivity index (χ3n) is 3.30. The van der Waals surface area contributed by atoms with Gasteiger partial charge in [0.2, 0.25) is 0 Å². The van der Waals surface area contributed by atoms with E-state index in [9.17, 15) is 4.79 Å². The molecule has 0 aliphatic heterocycles. The molecular formula is C15H16N6O. The summed E-state index contributed by atoms with van der Waals surface area (Å²) in [6.07, 6.45) is 2.26. The lowest BCUT2D eigenvalue weighted by Crippen LogP contribution is -2.26. The zero-order chi connectivity index (χ0) is 15.4. The minimum absolute atomic E-state index is 0.186. The second-order valence-corrected chi connectivity index (χ2v) is 5.00. The van der Waals surface area contributed by atoms with Gasteiger partial charge in [-0.2, -0.15) is 20.5 Å². The highest BCUT2D eigenvalue weighted by molar-refractivity contribution is 5.93. The second kappa shape index (κ2) is 6.21. The van der Waals surface area contributed by atoms with Crippen molar-refractivity contribution in [3.63, 3.8) is 0 Å². The van der Waals surface area contributed by atoms with Gasteiger partial charge >= 0.3 is 0 Å². The van der Waals surface area contributed by atoms with Gasteiger partial charge in [-0.25, -0.2) is 0 Å². The number of nitrogens with zero attached hydrogens (tertiary/aromatic N) is 3. The summed E-state index contributed by atoms with van der Waals surface area (Å²) in [7, 11) is 0. The van der Waals surface area contributed by atoms with Crippen molar-refractivity contribution >= 4 is 5.91 Å². The maximum Gasteiger partial charge on any atom is 0.269 e. The van der Waals surface area contributed by atoms with E-state index in [2.05, 4.69) is 30.9 Å². The number of carbonyl (C=O) groups excluding carboxylic acids is 1. The molecule has 112 valence electrons. The standard InChI is InChI=1S/C15H16N6O/c1-10-2-4-11(5-3-10)13-8-14(20-19-13)15(22)16-7-6-12-9-17-21-18-12/h2-5,8-9H,6-7H2,1H3,(H,16,22)(H,19,20)(H,17,18,21). The minimum Gasteiger partial charge on any atom is -0.350 e. The number of carbonyl (C=O) groups is 1. The van der Waals surface area contributed by atoms with Crippen molar-refractivity contribution in [2.75, 3.05) is 6.54 Å². The molecular weight excluding hydrogens is 280 g/mol. The fourth-order valence-corrected chi connectivity index (χ4v) is 2.06. The molecule has 0 unspecified atom stereocenters. The first kappa shape index (κ1) is 14.0. The van der Waals surface area contributed by atoms with E-state index in [-0.39, 0.29) is 5.91 Å². The molecule has 0 saturated heterocycles. The van der Waals surface area contributed by atoms with Gasteiger partial charge in [0.15, 0.2) is 0 Å². The van der Waals surface area contributed by atoms with E-state index >= 15 is 0 Å². The third kappa shape index (κ3) is 3.20. The Kier molecular flexibility index (Phi) is 3.95. The molecule has 1 aromatic carbocycles. The van der Waals surface area contributed by atoms with Crippen LogP contribution in [0.15, 0.2) is 36.5 Å². The normalized spacial score (nSPS) is 10.6. The van der Waals surface area contributed by atoms with Gasteiger partial charge in [0, 0.05) is 18.5 Å². The Morgan fingerprint density at radius 2 is 2.05 bits per heavy atom. The zero-order valence-electron chi connectivity index (χ0n) is 12.1. The maximum atomic E-state index is 12.0. The first-order valence-electron chi connectivity index (χ1n) is 6.97. The molecule has 7 heteroatoms. The number of benzene rings is 1. The number of amides is 1. The van der Waals surface area contributed by atoms with Crippen molar-refractivity contribution in [3.8, 4) is 11.3 Å². The van der Waals surface area contributed by atoms with Crippen LogP contribution < -0.4 is 5.32 Å². The van der Waals surface area contributed by atoms with E-state index in [4.69, 9.17) is 0 Å². The van der Waals surface area contributed by atoms with Crippen LogP contribution in [-0.2, 0) is 6.42 Å². The quantitative estimate of drug-likeness (QED) is 0.664. The Morgan fingerprint density at radius 3 is 2.77 bits per heavy atom. The van der Waals surface area contributed by atoms with Crippen LogP contribution in [0.1, 0.15) is 21.7 Å². The molecule has 0 fully saturated rings. The number of hydrogen-bond donors (Lipinski definition) is 3. The lowest BCUT2D eigenvalue weighted by molar-refractivity contribution is 0.0949. The van der Waals surface area contributed by atoms with Gasteiger partial charge < -0.3 is 5.32 Å². The van der Waals surface area contributed by atoms with E-state index in [0.717, 1.165) is 17.0 Å². The van der Waals surface area contributed by atoms with E-state index in [1.165, 1.54) is 5.56 Å². The Balaban J connectivity index is 1.60. The highest BCUT2D eigenvalue weighted by Crippen LogP contribution is 2.18. The summed E-state index contributed by atoms with van der Waals surface area (Å²) in [6, 6.07) is 9.75. The number of rotatable bonds is 5. The Bertz CT molecular complexity index is 745. The molecule has 3 N–H and O–H groups in total. The number of nitrogens with one attached hydrogen (secondary N) is 3. The molecule has 3 aromatic rings. The van der Waals surface area contributed by atoms with Crippen molar-refractivity contribution < 1.29 is 4.79 Å². The van der Waals surface area contributed by atoms with Gasteiger partial charge in [-0.15, -0.1) is 0 Å². The van der Waals surface area contributed by atoms with Crippen LogP contribution in [0.3, 0.4) is 0 Å². The van der Waals surface area contributed by atoms with Crippen LogP contribution in [-0.4, -0.2) is 38.1 Å². The zero-order valence-corrected chi connectivity index (χ0v) is 12.1. The van der Waals surface area contributed by atoms with Gasteiger partial charge in [0.1, 0.15) is 5.69 Å². The highest BCUT2D eigenvalue weighted by atomic mass is 16.1. The van der Waals surface area contributed by atoms with E-state index in [1.807, 2.05) is 31.2 Å². The van der Waals surface area contributed by atoms with Crippen molar-refractivity contribution in [1.29, 1.82) is 0 Å². The average Bonchev–Trinajstić information content (AvgIpc) is 3.19. The lowest BCUT2D eigenvalue weighted by Gasteiger charge is -2.00. The number of hydrogen-bond acceptors (Lipinski definition) is 4. The van der Waals surface area contributed by atoms with E-state index < -0.39 is 0 Å². The summed E-state index contributed by atoms with van der Waals surface area (Å²) < 4.78 is 0. The van der Waals surface area contributed by atoms with Crippen LogP contribution in [0.4, 0.5) is 0 Å². The van der Waals surface area contributed by atoms with Crippen LogP contribution >= 0.6 is 0 Å². The van der Waals surface area contributed by atoms with E-state index in [0.29, 0.717) is 18.7 Å². The molecule has 0 aliphatic carbocycles. The summed E-state index contributed by atoms with van der Waals surface area (Å²) in [5.41, 5.74) is 4.16. The van der Waals surface area contributed by atoms with Crippen LogP contribution in [0, 0.1) is 6.92 Å². The summed E-state index contributed by atoms with van der Waals surface area (Å²) in [4.78, 5) is 12.0. The van der Waals surface area contributed by atoms with Crippen LogP contribution in [0.25, 0.3) is 11.3 Å². The molecule has 0 spiro atoms. The summed E-state index contributed by atoms with van der Waals surface area (Å²) in [5, 5.41) is 19.9. The summed E-state index contributed by atoms with van der Waals surface area (Å²) in [5.74, 6) is -0.186. The SMILES string of the molecule is Cc1ccc(-c2cc(C(=O)NCCc3cn[nH]n3)[nH]n2)cc1. The second-order valence-electron chi connectivity index (χ2n) is 5.00. The van der Waals surface area contributed by atoms with Crippen molar-refractivity contribution in [1.82, 2.24) is 30.9 Å². The molecule has 0 atom stereocenters. The molecule has 0 radical (unpaired) electrons.